The molecule has 0 radical (unpaired) electrons. The first-order chi connectivity index (χ1) is 9.66. The zero-order chi connectivity index (χ0) is 14.4. The number of aromatic amines is 1. The predicted octanol–water partition coefficient (Wildman–Crippen LogP) is 2.11. The number of hydrogen-bond acceptors (Lipinski definition) is 3. The van der Waals surface area contributed by atoms with Crippen LogP contribution in [0, 0.1) is 13.8 Å². The largest absolute Gasteiger partial charge is 0.493 e. The van der Waals surface area contributed by atoms with Crippen LogP contribution in [0.5, 0.6) is 5.75 Å². The molecule has 0 saturated heterocycles. The van der Waals surface area contributed by atoms with Gasteiger partial charge >= 0.3 is 0 Å². The molecule has 1 aromatic heterocycles. The number of carbonyl (C=O) groups excluding carboxylic acids is 1. The zero-order valence-corrected chi connectivity index (χ0v) is 11.8. The number of hydrogen-bond donors (Lipinski definition) is 2. The monoisotopic (exact) mass is 273 g/mol. The van der Waals surface area contributed by atoms with Crippen LogP contribution in [0.3, 0.4) is 0 Å². The molecule has 0 unspecified atom stereocenters. The second kappa shape index (κ2) is 6.75. The molecular weight excluding hydrogens is 254 g/mol. The third-order valence-corrected chi connectivity index (χ3v) is 3.15. The zero-order valence-electron chi connectivity index (χ0n) is 11.8. The summed E-state index contributed by atoms with van der Waals surface area (Å²) in [5.74, 6) is 1.53. The summed E-state index contributed by atoms with van der Waals surface area (Å²) < 4.78 is 5.64. The molecule has 1 amide bonds. The molecule has 0 spiro atoms. The van der Waals surface area contributed by atoms with Crippen LogP contribution >= 0.6 is 0 Å². The smallest absolute Gasteiger partial charge is 0.223 e. The summed E-state index contributed by atoms with van der Waals surface area (Å²) in [4.78, 5) is 18.6. The summed E-state index contributed by atoms with van der Waals surface area (Å²) in [5.41, 5.74) is 2.30. The van der Waals surface area contributed by atoms with Crippen molar-refractivity contribution in [2.24, 2.45) is 0 Å². The Kier molecular flexibility index (Phi) is 4.76. The van der Waals surface area contributed by atoms with E-state index in [2.05, 4.69) is 15.3 Å². The lowest BCUT2D eigenvalue weighted by atomic mass is 10.1. The van der Waals surface area contributed by atoms with E-state index in [1.165, 1.54) is 5.56 Å². The molecule has 0 aliphatic rings. The Balaban J connectivity index is 1.72. The number of carbonyl (C=O) groups is 1. The molecule has 2 aromatic rings. The molecule has 0 saturated carbocycles. The van der Waals surface area contributed by atoms with Crippen LogP contribution in [-0.4, -0.2) is 22.5 Å². The van der Waals surface area contributed by atoms with Crippen molar-refractivity contribution >= 4 is 5.91 Å². The van der Waals surface area contributed by atoms with Gasteiger partial charge in [0.15, 0.2) is 0 Å². The Morgan fingerprint density at radius 2 is 2.25 bits per heavy atom. The SMILES string of the molecule is Cc1cccc(OCCC(=O)NCc2ncc[nH]2)c1C. The van der Waals surface area contributed by atoms with Crippen LogP contribution in [0.2, 0.25) is 0 Å². The van der Waals surface area contributed by atoms with Gasteiger partial charge in [0, 0.05) is 12.4 Å². The number of nitrogens with one attached hydrogen (secondary N) is 2. The van der Waals surface area contributed by atoms with Crippen molar-refractivity contribution in [1.82, 2.24) is 15.3 Å². The van der Waals surface area contributed by atoms with Crippen LogP contribution in [0.15, 0.2) is 30.6 Å². The van der Waals surface area contributed by atoms with E-state index in [0.29, 0.717) is 19.6 Å². The lowest BCUT2D eigenvalue weighted by Crippen LogP contribution is -2.25. The van der Waals surface area contributed by atoms with Gasteiger partial charge in [-0.1, -0.05) is 12.1 Å². The van der Waals surface area contributed by atoms with Gasteiger partial charge in [-0.05, 0) is 31.0 Å². The second-order valence-electron chi connectivity index (χ2n) is 4.61. The minimum Gasteiger partial charge on any atom is -0.493 e. The Bertz CT molecular complexity index is 565. The average Bonchev–Trinajstić information content (AvgIpc) is 2.94. The molecule has 0 atom stereocenters. The molecule has 1 heterocycles. The topological polar surface area (TPSA) is 67.0 Å². The Morgan fingerprint density at radius 3 is 3.00 bits per heavy atom. The average molecular weight is 273 g/mol. The molecule has 106 valence electrons. The fourth-order valence-electron chi connectivity index (χ4n) is 1.80. The summed E-state index contributed by atoms with van der Waals surface area (Å²) in [6.45, 7) is 4.84. The summed E-state index contributed by atoms with van der Waals surface area (Å²) in [5, 5.41) is 2.78. The number of aromatic nitrogens is 2. The van der Waals surface area contributed by atoms with E-state index in [1.54, 1.807) is 12.4 Å². The van der Waals surface area contributed by atoms with E-state index < -0.39 is 0 Å². The van der Waals surface area contributed by atoms with Gasteiger partial charge in [0.1, 0.15) is 11.6 Å². The van der Waals surface area contributed by atoms with Crippen LogP contribution < -0.4 is 10.1 Å². The van der Waals surface area contributed by atoms with Gasteiger partial charge in [-0.2, -0.15) is 0 Å². The standard InChI is InChI=1S/C15H19N3O2/c1-11-4-3-5-13(12(11)2)20-9-6-15(19)18-10-14-16-7-8-17-14/h3-5,7-8H,6,9-10H2,1-2H3,(H,16,17)(H,18,19). The first-order valence-corrected chi connectivity index (χ1v) is 6.61. The van der Waals surface area contributed by atoms with Crippen LogP contribution in [-0.2, 0) is 11.3 Å². The third kappa shape index (κ3) is 3.85. The maximum atomic E-state index is 11.6. The maximum absolute atomic E-state index is 11.6. The predicted molar refractivity (Wildman–Crippen MR) is 76.5 cm³/mol. The Labute approximate surface area is 118 Å². The summed E-state index contributed by atoms with van der Waals surface area (Å²) in [7, 11) is 0. The Morgan fingerprint density at radius 1 is 1.40 bits per heavy atom. The van der Waals surface area contributed by atoms with Gasteiger partial charge in [0.25, 0.3) is 0 Å². The fraction of sp³-hybridized carbons (Fsp3) is 0.333. The minimum atomic E-state index is -0.0493. The van der Waals surface area contributed by atoms with E-state index >= 15 is 0 Å². The molecule has 2 N–H and O–H groups in total. The minimum absolute atomic E-state index is 0.0493. The number of benzene rings is 1. The molecule has 0 aliphatic heterocycles. The first-order valence-electron chi connectivity index (χ1n) is 6.61. The highest BCUT2D eigenvalue weighted by Crippen LogP contribution is 2.20. The lowest BCUT2D eigenvalue weighted by Gasteiger charge is -2.10. The third-order valence-electron chi connectivity index (χ3n) is 3.15. The van der Waals surface area contributed by atoms with Crippen LogP contribution in [0.4, 0.5) is 0 Å². The number of ether oxygens (including phenoxy) is 1. The number of aryl methyl sites for hydroxylation is 1. The maximum Gasteiger partial charge on any atom is 0.223 e. The molecular formula is C15H19N3O2. The molecule has 0 aliphatic carbocycles. The lowest BCUT2D eigenvalue weighted by molar-refractivity contribution is -0.121. The van der Waals surface area contributed by atoms with E-state index in [1.807, 2.05) is 32.0 Å². The van der Waals surface area contributed by atoms with E-state index in [0.717, 1.165) is 17.1 Å². The molecule has 0 bridgehead atoms. The number of imidazole rings is 1. The van der Waals surface area contributed by atoms with Crippen LogP contribution in [0.25, 0.3) is 0 Å². The summed E-state index contributed by atoms with van der Waals surface area (Å²) >= 11 is 0. The van der Waals surface area contributed by atoms with E-state index in [4.69, 9.17) is 4.74 Å². The van der Waals surface area contributed by atoms with Gasteiger partial charge < -0.3 is 15.0 Å². The Hall–Kier alpha value is -2.30. The van der Waals surface area contributed by atoms with E-state index in [9.17, 15) is 4.79 Å². The highest BCUT2D eigenvalue weighted by Gasteiger charge is 2.05. The molecule has 1 aromatic carbocycles. The number of nitrogens with zero attached hydrogens (tertiary/aromatic N) is 1. The van der Waals surface area contributed by atoms with E-state index in [-0.39, 0.29) is 5.91 Å². The van der Waals surface area contributed by atoms with Crippen molar-refractivity contribution in [3.05, 3.63) is 47.5 Å². The second-order valence-corrected chi connectivity index (χ2v) is 4.61. The van der Waals surface area contributed by atoms with Gasteiger partial charge in [0.2, 0.25) is 5.91 Å². The molecule has 5 nitrogen and oxygen atoms in total. The van der Waals surface area contributed by atoms with Gasteiger partial charge in [0.05, 0.1) is 19.6 Å². The quantitative estimate of drug-likeness (QED) is 0.847. The van der Waals surface area contributed by atoms with Gasteiger partial charge in [-0.3, -0.25) is 4.79 Å². The van der Waals surface area contributed by atoms with Crippen molar-refractivity contribution in [2.75, 3.05) is 6.61 Å². The highest BCUT2D eigenvalue weighted by molar-refractivity contribution is 5.75. The summed E-state index contributed by atoms with van der Waals surface area (Å²) in [6, 6.07) is 5.91. The van der Waals surface area contributed by atoms with Crippen LogP contribution in [0.1, 0.15) is 23.4 Å². The van der Waals surface area contributed by atoms with Gasteiger partial charge in [-0.15, -0.1) is 0 Å². The molecule has 0 fully saturated rings. The molecule has 20 heavy (non-hydrogen) atoms. The summed E-state index contributed by atoms with van der Waals surface area (Å²) in [6.07, 6.45) is 3.71. The highest BCUT2D eigenvalue weighted by atomic mass is 16.5. The molecule has 5 heteroatoms. The van der Waals surface area contributed by atoms with Crippen molar-refractivity contribution in [3.8, 4) is 5.75 Å². The van der Waals surface area contributed by atoms with Gasteiger partial charge in [-0.25, -0.2) is 4.98 Å². The number of amides is 1. The van der Waals surface area contributed by atoms with Crippen molar-refractivity contribution in [1.29, 1.82) is 0 Å². The van der Waals surface area contributed by atoms with Crippen molar-refractivity contribution in [3.63, 3.8) is 0 Å². The number of H-pyrrole nitrogens is 1. The number of rotatable bonds is 6. The normalized spacial score (nSPS) is 10.3. The molecule has 2 rings (SSSR count). The fourth-order valence-corrected chi connectivity index (χ4v) is 1.80. The van der Waals surface area contributed by atoms with Crippen molar-refractivity contribution < 1.29 is 9.53 Å². The first kappa shape index (κ1) is 14.1. The van der Waals surface area contributed by atoms with Crippen molar-refractivity contribution in [2.45, 2.75) is 26.8 Å².